The molecular formula is C18H17F2N3O6. The molecule has 0 saturated heterocycles. The van der Waals surface area contributed by atoms with Crippen LogP contribution in [0.2, 0.25) is 0 Å². The van der Waals surface area contributed by atoms with Crippen LogP contribution in [0.3, 0.4) is 0 Å². The van der Waals surface area contributed by atoms with Crippen LogP contribution in [-0.4, -0.2) is 42.9 Å². The van der Waals surface area contributed by atoms with Gasteiger partial charge in [-0.15, -0.1) is 0 Å². The van der Waals surface area contributed by atoms with E-state index in [0.717, 1.165) is 18.2 Å². The van der Waals surface area contributed by atoms with Crippen molar-refractivity contribution in [1.82, 2.24) is 10.6 Å². The molecule has 0 aliphatic rings. The topological polar surface area (TPSA) is 127 Å². The zero-order valence-electron chi connectivity index (χ0n) is 15.2. The van der Waals surface area contributed by atoms with Crippen molar-refractivity contribution in [3.63, 3.8) is 0 Å². The average molecular weight is 409 g/mol. The molecule has 1 aromatic carbocycles. The van der Waals surface area contributed by atoms with Crippen molar-refractivity contribution >= 4 is 29.4 Å². The second-order valence-electron chi connectivity index (χ2n) is 5.68. The first-order valence-corrected chi connectivity index (χ1v) is 8.30. The van der Waals surface area contributed by atoms with Gasteiger partial charge < -0.3 is 25.1 Å². The normalized spacial score (nSPS) is 11.3. The molecule has 154 valence electrons. The van der Waals surface area contributed by atoms with Crippen molar-refractivity contribution in [3.8, 4) is 0 Å². The zero-order valence-corrected chi connectivity index (χ0v) is 15.2. The fourth-order valence-electron chi connectivity index (χ4n) is 2.01. The van der Waals surface area contributed by atoms with Gasteiger partial charge in [0.05, 0.1) is 18.5 Å². The van der Waals surface area contributed by atoms with E-state index in [2.05, 4.69) is 16.0 Å². The Bertz CT molecular complexity index is 901. The molecule has 0 aliphatic heterocycles. The van der Waals surface area contributed by atoms with E-state index in [1.54, 1.807) is 0 Å². The molecule has 1 heterocycles. The van der Waals surface area contributed by atoms with Crippen LogP contribution < -0.4 is 16.0 Å². The molecule has 0 bridgehead atoms. The van der Waals surface area contributed by atoms with Crippen LogP contribution in [0.15, 0.2) is 41.0 Å². The predicted octanol–water partition coefficient (Wildman–Crippen LogP) is 0.974. The maximum Gasteiger partial charge on any atom is 0.326 e. The summed E-state index contributed by atoms with van der Waals surface area (Å²) in [6.07, 6.45) is -0.0361. The fourth-order valence-corrected chi connectivity index (χ4v) is 2.01. The largest absolute Gasteiger partial charge is 0.459 e. The van der Waals surface area contributed by atoms with Crippen molar-refractivity contribution in [1.29, 1.82) is 0 Å². The number of hydrogen-bond acceptors (Lipinski definition) is 6. The minimum absolute atomic E-state index is 0.0202. The van der Waals surface area contributed by atoms with Gasteiger partial charge in [-0.25, -0.2) is 8.78 Å². The molecule has 0 unspecified atom stereocenters. The number of hydrogen-bond donors (Lipinski definition) is 3. The molecule has 2 aromatic rings. The number of nitrogens with one attached hydrogen (secondary N) is 3. The van der Waals surface area contributed by atoms with Gasteiger partial charge in [0.25, 0.3) is 11.8 Å². The molecule has 0 aliphatic carbocycles. The lowest BCUT2D eigenvalue weighted by atomic mass is 10.2. The quantitative estimate of drug-likeness (QED) is 0.558. The highest BCUT2D eigenvalue weighted by Crippen LogP contribution is 2.15. The summed E-state index contributed by atoms with van der Waals surface area (Å²) in [5, 5.41) is 6.56. The number of carbonyl (C=O) groups is 4. The Hall–Kier alpha value is -3.76. The zero-order chi connectivity index (χ0) is 21.4. The van der Waals surface area contributed by atoms with E-state index in [9.17, 15) is 28.0 Å². The van der Waals surface area contributed by atoms with Gasteiger partial charge in [-0.3, -0.25) is 19.2 Å². The molecule has 2 rings (SSSR count). The van der Waals surface area contributed by atoms with Crippen molar-refractivity contribution in [2.24, 2.45) is 0 Å². The molecular weight excluding hydrogens is 392 g/mol. The van der Waals surface area contributed by atoms with Gasteiger partial charge in [0, 0.05) is 6.07 Å². The van der Waals surface area contributed by atoms with Crippen molar-refractivity contribution in [2.45, 2.75) is 13.0 Å². The summed E-state index contributed by atoms with van der Waals surface area (Å²) >= 11 is 0. The van der Waals surface area contributed by atoms with Crippen LogP contribution in [0, 0.1) is 11.6 Å². The minimum atomic E-state index is -1.33. The molecule has 0 radical (unpaired) electrons. The molecule has 11 heteroatoms. The first kappa shape index (κ1) is 21.5. The third kappa shape index (κ3) is 6.72. The average Bonchev–Trinajstić information content (AvgIpc) is 3.22. The van der Waals surface area contributed by atoms with Crippen LogP contribution in [0.4, 0.5) is 14.5 Å². The molecule has 1 aromatic heterocycles. The molecule has 3 N–H and O–H groups in total. The Kier molecular flexibility index (Phi) is 7.40. The van der Waals surface area contributed by atoms with Crippen LogP contribution in [0.25, 0.3) is 0 Å². The van der Waals surface area contributed by atoms with Crippen molar-refractivity contribution < 1.29 is 37.1 Å². The van der Waals surface area contributed by atoms with E-state index in [1.165, 1.54) is 25.3 Å². The number of amides is 3. The summed E-state index contributed by atoms with van der Waals surface area (Å²) in [6.45, 7) is 0.235. The van der Waals surface area contributed by atoms with Gasteiger partial charge in [-0.2, -0.15) is 0 Å². The fraction of sp³-hybridized carbons (Fsp3) is 0.222. The Morgan fingerprint density at radius 1 is 1.10 bits per heavy atom. The minimum Gasteiger partial charge on any atom is -0.459 e. The third-order valence-corrected chi connectivity index (χ3v) is 3.45. The number of furan rings is 1. The number of carbonyl (C=O) groups excluding carboxylic acids is 4. The summed E-state index contributed by atoms with van der Waals surface area (Å²) in [5.41, 5.74) is -0.404. The molecule has 0 spiro atoms. The number of rotatable bonds is 8. The number of anilines is 1. The highest BCUT2D eigenvalue weighted by molar-refractivity contribution is 5.96. The number of ether oxygens (including phenoxy) is 1. The second-order valence-corrected chi connectivity index (χ2v) is 5.68. The summed E-state index contributed by atoms with van der Waals surface area (Å²) in [7, 11) is 0. The van der Waals surface area contributed by atoms with Crippen LogP contribution in [0.5, 0.6) is 0 Å². The van der Waals surface area contributed by atoms with Gasteiger partial charge in [-0.05, 0) is 31.2 Å². The molecule has 9 nitrogen and oxygen atoms in total. The van der Waals surface area contributed by atoms with Crippen molar-refractivity contribution in [2.75, 3.05) is 18.4 Å². The second kappa shape index (κ2) is 9.97. The van der Waals surface area contributed by atoms with Gasteiger partial charge in [0.1, 0.15) is 18.2 Å². The lowest BCUT2D eigenvalue weighted by Crippen LogP contribution is -2.40. The van der Waals surface area contributed by atoms with Gasteiger partial charge in [0.15, 0.2) is 11.9 Å². The van der Waals surface area contributed by atoms with Gasteiger partial charge >= 0.3 is 5.97 Å². The summed E-state index contributed by atoms with van der Waals surface area (Å²) in [6, 6.07) is 5.41. The monoisotopic (exact) mass is 409 g/mol. The molecule has 3 amide bonds. The number of esters is 1. The summed E-state index contributed by atoms with van der Waals surface area (Å²) in [5.74, 6) is -4.72. The van der Waals surface area contributed by atoms with Gasteiger partial charge in [-0.1, -0.05) is 0 Å². The molecule has 0 fully saturated rings. The predicted molar refractivity (Wildman–Crippen MR) is 94.6 cm³/mol. The Labute approximate surface area is 163 Å². The van der Waals surface area contributed by atoms with Crippen LogP contribution >= 0.6 is 0 Å². The standard InChI is InChI=1S/C18H17F2N3O6/c1-10(17(26)23-13-7-11(19)4-5-12(13)20)29-16(25)9-21-15(24)8-22-18(27)14-3-2-6-28-14/h2-7,10H,8-9H2,1H3,(H,21,24)(H,22,27)(H,23,26)/t10-/m0/s1. The van der Waals surface area contributed by atoms with Gasteiger partial charge in [0.2, 0.25) is 5.91 Å². The van der Waals surface area contributed by atoms with E-state index < -0.39 is 60.2 Å². The number of halogens is 2. The Balaban J connectivity index is 1.72. The molecule has 1 atom stereocenters. The maximum absolute atomic E-state index is 13.5. The van der Waals surface area contributed by atoms with Crippen molar-refractivity contribution in [3.05, 3.63) is 54.0 Å². The highest BCUT2D eigenvalue weighted by Gasteiger charge is 2.20. The molecule has 0 saturated carbocycles. The first-order valence-electron chi connectivity index (χ1n) is 8.30. The van der Waals surface area contributed by atoms with E-state index in [4.69, 9.17) is 9.15 Å². The number of benzene rings is 1. The first-order chi connectivity index (χ1) is 13.8. The highest BCUT2D eigenvalue weighted by atomic mass is 19.1. The Morgan fingerprint density at radius 2 is 1.86 bits per heavy atom. The van der Waals surface area contributed by atoms with E-state index in [-0.39, 0.29) is 5.76 Å². The Morgan fingerprint density at radius 3 is 2.55 bits per heavy atom. The lowest BCUT2D eigenvalue weighted by molar-refractivity contribution is -0.152. The summed E-state index contributed by atoms with van der Waals surface area (Å²) < 4.78 is 36.3. The lowest BCUT2D eigenvalue weighted by Gasteiger charge is -2.14. The van der Waals surface area contributed by atoms with Crippen LogP contribution in [-0.2, 0) is 19.1 Å². The molecule has 29 heavy (non-hydrogen) atoms. The maximum atomic E-state index is 13.5. The van der Waals surface area contributed by atoms with E-state index >= 15 is 0 Å². The van der Waals surface area contributed by atoms with Crippen LogP contribution in [0.1, 0.15) is 17.5 Å². The third-order valence-electron chi connectivity index (χ3n) is 3.45. The summed E-state index contributed by atoms with van der Waals surface area (Å²) in [4.78, 5) is 46.8. The van der Waals surface area contributed by atoms with E-state index in [1.807, 2.05) is 0 Å². The van der Waals surface area contributed by atoms with E-state index in [0.29, 0.717) is 0 Å². The SMILES string of the molecule is C[C@H](OC(=O)CNC(=O)CNC(=O)c1ccco1)C(=O)Nc1cc(F)ccc1F. The smallest absolute Gasteiger partial charge is 0.326 e.